The van der Waals surface area contributed by atoms with Crippen molar-refractivity contribution in [2.45, 2.75) is 20.8 Å². The maximum absolute atomic E-state index is 12.2. The van der Waals surface area contributed by atoms with E-state index in [0.29, 0.717) is 18.0 Å². The zero-order valence-corrected chi connectivity index (χ0v) is 13.1. The van der Waals surface area contributed by atoms with Crippen molar-refractivity contribution in [1.29, 1.82) is 0 Å². The number of carboxylic acids is 1. The van der Waals surface area contributed by atoms with Gasteiger partial charge >= 0.3 is 12.0 Å². The van der Waals surface area contributed by atoms with Crippen molar-refractivity contribution in [3.63, 3.8) is 0 Å². The van der Waals surface area contributed by atoms with Gasteiger partial charge in [0.25, 0.3) is 0 Å². The summed E-state index contributed by atoms with van der Waals surface area (Å²) in [4.78, 5) is 24.7. The zero-order valence-electron chi connectivity index (χ0n) is 13.1. The van der Waals surface area contributed by atoms with Gasteiger partial charge in [0.15, 0.2) is 0 Å². The fraction of sp³-hybridized carbons (Fsp3) is 0.467. The number of benzene rings is 1. The van der Waals surface area contributed by atoms with E-state index in [1.165, 1.54) is 25.3 Å². The number of carbonyl (C=O) groups excluding carboxylic acids is 1. The number of methoxy groups -OCH3 is 1. The minimum atomic E-state index is -1.06. The van der Waals surface area contributed by atoms with E-state index in [1.54, 1.807) is 11.9 Å². The topological polar surface area (TPSA) is 78.9 Å². The molecule has 0 spiro atoms. The Labute approximate surface area is 124 Å². The first-order chi connectivity index (χ1) is 9.64. The Hall–Kier alpha value is -2.24. The number of nitrogens with one attached hydrogen (secondary N) is 1. The maximum Gasteiger partial charge on any atom is 0.335 e. The highest BCUT2D eigenvalue weighted by molar-refractivity contribution is 5.94. The minimum absolute atomic E-state index is 0.0287. The van der Waals surface area contributed by atoms with Crippen LogP contribution in [0.5, 0.6) is 5.75 Å². The van der Waals surface area contributed by atoms with Gasteiger partial charge in [-0.3, -0.25) is 0 Å². The van der Waals surface area contributed by atoms with Crippen molar-refractivity contribution in [2.24, 2.45) is 5.41 Å². The summed E-state index contributed by atoms with van der Waals surface area (Å²) in [5.74, 6) is -0.645. The van der Waals surface area contributed by atoms with Crippen molar-refractivity contribution in [1.82, 2.24) is 4.90 Å². The van der Waals surface area contributed by atoms with Gasteiger partial charge in [0.2, 0.25) is 0 Å². The maximum atomic E-state index is 12.2. The van der Waals surface area contributed by atoms with E-state index in [4.69, 9.17) is 9.84 Å². The van der Waals surface area contributed by atoms with Crippen LogP contribution in [0.15, 0.2) is 18.2 Å². The first-order valence-corrected chi connectivity index (χ1v) is 6.57. The number of rotatable bonds is 4. The predicted molar refractivity (Wildman–Crippen MR) is 81.1 cm³/mol. The number of aromatic carboxylic acids is 1. The van der Waals surface area contributed by atoms with E-state index in [1.807, 2.05) is 20.8 Å². The Morgan fingerprint density at radius 2 is 1.95 bits per heavy atom. The summed E-state index contributed by atoms with van der Waals surface area (Å²) in [5, 5.41) is 11.7. The number of hydrogen-bond donors (Lipinski definition) is 2. The number of ether oxygens (including phenoxy) is 1. The molecule has 2 amide bonds. The highest BCUT2D eigenvalue weighted by Gasteiger charge is 2.19. The number of hydrogen-bond acceptors (Lipinski definition) is 3. The van der Waals surface area contributed by atoms with Crippen LogP contribution in [0.4, 0.5) is 10.5 Å². The second-order valence-corrected chi connectivity index (χ2v) is 6.07. The van der Waals surface area contributed by atoms with Gasteiger partial charge in [-0.25, -0.2) is 9.59 Å². The van der Waals surface area contributed by atoms with Gasteiger partial charge in [0.05, 0.1) is 18.4 Å². The molecule has 6 nitrogen and oxygen atoms in total. The second-order valence-electron chi connectivity index (χ2n) is 6.07. The van der Waals surface area contributed by atoms with E-state index in [-0.39, 0.29) is 17.0 Å². The lowest BCUT2D eigenvalue weighted by Crippen LogP contribution is -2.37. The number of anilines is 1. The first kappa shape index (κ1) is 16.8. The fourth-order valence-electron chi connectivity index (χ4n) is 1.93. The SMILES string of the molecule is COc1ccc(C(=O)O)cc1NC(=O)N(C)CC(C)(C)C. The molecule has 0 unspecified atom stereocenters. The van der Waals surface area contributed by atoms with Crippen LogP contribution >= 0.6 is 0 Å². The molecular formula is C15H22N2O4. The molecular weight excluding hydrogens is 272 g/mol. The van der Waals surface area contributed by atoms with Crippen LogP contribution in [0.3, 0.4) is 0 Å². The third-order valence-corrected chi connectivity index (χ3v) is 2.75. The number of carbonyl (C=O) groups is 2. The summed E-state index contributed by atoms with van der Waals surface area (Å²) in [6.45, 7) is 6.66. The van der Waals surface area contributed by atoms with E-state index in [0.717, 1.165) is 0 Å². The monoisotopic (exact) mass is 294 g/mol. The van der Waals surface area contributed by atoms with Crippen LogP contribution in [-0.2, 0) is 0 Å². The summed E-state index contributed by atoms with van der Waals surface area (Å²) < 4.78 is 5.14. The molecule has 0 atom stereocenters. The Morgan fingerprint density at radius 1 is 1.33 bits per heavy atom. The molecule has 1 aromatic rings. The van der Waals surface area contributed by atoms with Gasteiger partial charge in [-0.05, 0) is 23.6 Å². The van der Waals surface area contributed by atoms with Crippen LogP contribution in [-0.4, -0.2) is 42.7 Å². The highest BCUT2D eigenvalue weighted by atomic mass is 16.5. The number of carboxylic acid groups (broad SMARTS) is 1. The largest absolute Gasteiger partial charge is 0.495 e. The van der Waals surface area contributed by atoms with Gasteiger partial charge in [-0.15, -0.1) is 0 Å². The summed E-state index contributed by atoms with van der Waals surface area (Å²) in [6.07, 6.45) is 0. The van der Waals surface area contributed by atoms with Crippen molar-refractivity contribution in [3.05, 3.63) is 23.8 Å². The molecule has 1 aromatic carbocycles. The molecule has 0 radical (unpaired) electrons. The summed E-state index contributed by atoms with van der Waals surface area (Å²) >= 11 is 0. The molecule has 0 aliphatic heterocycles. The predicted octanol–water partition coefficient (Wildman–Crippen LogP) is 2.90. The molecule has 0 bridgehead atoms. The standard InChI is InChI=1S/C15H22N2O4/c1-15(2,3)9-17(4)14(20)16-11-8-10(13(18)19)6-7-12(11)21-5/h6-8H,9H2,1-5H3,(H,16,20)(H,18,19). The van der Waals surface area contributed by atoms with Crippen molar-refractivity contribution < 1.29 is 19.4 Å². The third kappa shape index (κ3) is 4.98. The molecule has 2 N–H and O–H groups in total. The molecule has 0 aliphatic rings. The molecule has 0 aliphatic carbocycles. The lowest BCUT2D eigenvalue weighted by atomic mass is 9.96. The lowest BCUT2D eigenvalue weighted by molar-refractivity contribution is 0.0697. The molecule has 1 rings (SSSR count). The molecule has 0 heterocycles. The first-order valence-electron chi connectivity index (χ1n) is 6.57. The van der Waals surface area contributed by atoms with Crippen molar-refractivity contribution in [3.8, 4) is 5.75 Å². The Morgan fingerprint density at radius 3 is 2.43 bits per heavy atom. The quantitative estimate of drug-likeness (QED) is 0.895. The van der Waals surface area contributed by atoms with Crippen molar-refractivity contribution >= 4 is 17.7 Å². The summed E-state index contributed by atoms with van der Waals surface area (Å²) in [6, 6.07) is 4.01. The van der Waals surface area contributed by atoms with Crippen LogP contribution in [0.1, 0.15) is 31.1 Å². The number of urea groups is 1. The van der Waals surface area contributed by atoms with E-state index < -0.39 is 5.97 Å². The molecule has 6 heteroatoms. The number of amides is 2. The van der Waals surface area contributed by atoms with Crippen LogP contribution in [0, 0.1) is 5.41 Å². The lowest BCUT2D eigenvalue weighted by Gasteiger charge is -2.27. The molecule has 21 heavy (non-hydrogen) atoms. The van der Waals surface area contributed by atoms with Gasteiger partial charge < -0.3 is 20.1 Å². The van der Waals surface area contributed by atoms with Gasteiger partial charge in [0.1, 0.15) is 5.75 Å². The van der Waals surface area contributed by atoms with Crippen molar-refractivity contribution in [2.75, 3.05) is 26.0 Å². The van der Waals surface area contributed by atoms with Crippen LogP contribution in [0.25, 0.3) is 0 Å². The minimum Gasteiger partial charge on any atom is -0.495 e. The normalized spacial score (nSPS) is 10.9. The van der Waals surface area contributed by atoms with Gasteiger partial charge in [-0.2, -0.15) is 0 Å². The zero-order chi connectivity index (χ0) is 16.2. The second kappa shape index (κ2) is 6.47. The van der Waals surface area contributed by atoms with E-state index in [9.17, 15) is 9.59 Å². The summed E-state index contributed by atoms with van der Waals surface area (Å²) in [5.41, 5.74) is 0.395. The van der Waals surface area contributed by atoms with E-state index >= 15 is 0 Å². The highest BCUT2D eigenvalue weighted by Crippen LogP contribution is 2.26. The van der Waals surface area contributed by atoms with Gasteiger partial charge in [-0.1, -0.05) is 20.8 Å². The molecule has 0 aromatic heterocycles. The average molecular weight is 294 g/mol. The van der Waals surface area contributed by atoms with Gasteiger partial charge in [0, 0.05) is 13.6 Å². The summed E-state index contributed by atoms with van der Waals surface area (Å²) in [7, 11) is 3.15. The smallest absolute Gasteiger partial charge is 0.335 e. The molecule has 0 fully saturated rings. The Balaban J connectivity index is 2.93. The Kier molecular flexibility index (Phi) is 5.18. The third-order valence-electron chi connectivity index (χ3n) is 2.75. The Bertz CT molecular complexity index is 535. The fourth-order valence-corrected chi connectivity index (χ4v) is 1.93. The average Bonchev–Trinajstić information content (AvgIpc) is 2.36. The van der Waals surface area contributed by atoms with E-state index in [2.05, 4.69) is 5.32 Å². The van der Waals surface area contributed by atoms with Crippen LogP contribution < -0.4 is 10.1 Å². The molecule has 0 saturated carbocycles. The molecule has 116 valence electrons. The molecule has 0 saturated heterocycles. The van der Waals surface area contributed by atoms with Crippen LogP contribution in [0.2, 0.25) is 0 Å². The number of nitrogens with zero attached hydrogens (tertiary/aromatic N) is 1.